The zero-order valence-electron chi connectivity index (χ0n) is 29.1. The zero-order chi connectivity index (χ0) is 35.9. The lowest BCUT2D eigenvalue weighted by Gasteiger charge is -2.26. The number of aliphatic hydroxyl groups excluding tert-OH is 1. The third-order valence-electron chi connectivity index (χ3n) is 8.91. The van der Waals surface area contributed by atoms with Crippen LogP contribution in [-0.4, -0.2) is 49.7 Å². The van der Waals surface area contributed by atoms with E-state index in [0.29, 0.717) is 37.6 Å². The summed E-state index contributed by atoms with van der Waals surface area (Å²) in [5.41, 5.74) is 4.29. The molecule has 1 heterocycles. The van der Waals surface area contributed by atoms with Gasteiger partial charge in [0.15, 0.2) is 0 Å². The molecule has 0 aliphatic rings. The molecule has 0 aliphatic heterocycles. The highest BCUT2D eigenvalue weighted by Crippen LogP contribution is 2.31. The Kier molecular flexibility index (Phi) is 14.4. The Balaban J connectivity index is 1.08. The Hall–Kier alpha value is -4.32. The number of H-pyrrole nitrogens is 1. The molecule has 1 aromatic heterocycles. The lowest BCUT2D eigenvalue weighted by molar-refractivity contribution is 0.108. The monoisotopic (exact) mass is 711 g/mol. The van der Waals surface area contributed by atoms with E-state index in [-0.39, 0.29) is 10.5 Å². The zero-order valence-corrected chi connectivity index (χ0v) is 29.9. The molecule has 0 bridgehead atoms. The van der Waals surface area contributed by atoms with Crippen molar-refractivity contribution >= 4 is 20.9 Å². The maximum absolute atomic E-state index is 12.3. The second-order valence-electron chi connectivity index (χ2n) is 13.0. The summed E-state index contributed by atoms with van der Waals surface area (Å²) in [6.45, 7) is 3.78. The summed E-state index contributed by atoms with van der Waals surface area (Å²) in [4.78, 5) is 17.7. The Bertz CT molecular complexity index is 1970. The number of nitrogens with one attached hydrogen (secondary N) is 1. The highest BCUT2D eigenvalue weighted by Gasteiger charge is 2.19. The van der Waals surface area contributed by atoms with Crippen LogP contribution in [0.5, 0.6) is 5.75 Å². The van der Waals surface area contributed by atoms with Gasteiger partial charge in [0, 0.05) is 37.8 Å². The number of hydrogen-bond acceptors (Lipinski definition) is 7. The Morgan fingerprint density at radius 1 is 0.745 bits per heavy atom. The number of primary sulfonamides is 1. The second kappa shape index (κ2) is 19.3. The molecule has 0 saturated heterocycles. The van der Waals surface area contributed by atoms with Crippen molar-refractivity contribution in [3.63, 3.8) is 0 Å². The number of aryl methyl sites for hydroxylation is 1. The fourth-order valence-electron chi connectivity index (χ4n) is 6.22. The number of benzene rings is 4. The van der Waals surface area contributed by atoms with Gasteiger partial charge >= 0.3 is 0 Å². The minimum Gasteiger partial charge on any atom is -0.487 e. The van der Waals surface area contributed by atoms with E-state index in [1.165, 1.54) is 17.7 Å². The second-order valence-corrected chi connectivity index (χ2v) is 14.5. The van der Waals surface area contributed by atoms with Crippen molar-refractivity contribution in [3.8, 4) is 5.75 Å². The van der Waals surface area contributed by atoms with E-state index in [2.05, 4.69) is 22.0 Å². The molecule has 0 radical (unpaired) electrons. The maximum atomic E-state index is 12.3. The molecule has 5 aromatic rings. The topological polar surface area (TPSA) is 135 Å². The minimum atomic E-state index is -3.68. The predicted molar refractivity (Wildman–Crippen MR) is 202 cm³/mol. The van der Waals surface area contributed by atoms with Crippen molar-refractivity contribution in [1.29, 1.82) is 0 Å². The number of ether oxygens (including phenoxy) is 2. The highest BCUT2D eigenvalue weighted by molar-refractivity contribution is 7.89. The van der Waals surface area contributed by atoms with E-state index >= 15 is 0 Å². The van der Waals surface area contributed by atoms with Crippen LogP contribution in [0.4, 0.5) is 0 Å². The normalized spacial score (nSPS) is 12.4. The number of sulfonamides is 1. The summed E-state index contributed by atoms with van der Waals surface area (Å²) in [6.07, 6.45) is 5.94. The number of hydrogen-bond donors (Lipinski definition) is 3. The van der Waals surface area contributed by atoms with Crippen LogP contribution in [-0.2, 0) is 34.3 Å². The van der Waals surface area contributed by atoms with Crippen molar-refractivity contribution in [2.45, 2.75) is 69.1 Å². The molecule has 51 heavy (non-hydrogen) atoms. The standard InChI is InChI=1S/C41H49N3O6S/c42-51(47,48)35-20-13-19-32(28-35)14-9-12-27-49-26-11-2-1-10-25-44(29-33-15-5-3-6-16-33)30-38(45)36-21-23-39(41-37(36)22-24-40(46)43-41)50-31-34-17-7-4-8-18-34/h3-8,13,15-24,28,38,45H,1-2,9-12,14,25-27,29-31H2,(H,43,46)(H2,42,47,48)/t38-/m1/s1. The van der Waals surface area contributed by atoms with Crippen LogP contribution < -0.4 is 15.4 Å². The van der Waals surface area contributed by atoms with E-state index in [9.17, 15) is 18.3 Å². The Morgan fingerprint density at radius 3 is 2.18 bits per heavy atom. The van der Waals surface area contributed by atoms with Gasteiger partial charge in [0.2, 0.25) is 15.6 Å². The summed E-state index contributed by atoms with van der Waals surface area (Å²) in [6, 6.07) is 34.0. The average Bonchev–Trinajstić information content (AvgIpc) is 3.13. The van der Waals surface area contributed by atoms with Gasteiger partial charge in [-0.1, -0.05) is 91.7 Å². The molecule has 0 unspecified atom stereocenters. The van der Waals surface area contributed by atoms with E-state index in [1.807, 2.05) is 66.7 Å². The van der Waals surface area contributed by atoms with Crippen LogP contribution in [0, 0.1) is 0 Å². The fraction of sp³-hybridized carbons (Fsp3) is 0.341. The van der Waals surface area contributed by atoms with Crippen molar-refractivity contribution < 1.29 is 23.0 Å². The van der Waals surface area contributed by atoms with Gasteiger partial charge < -0.3 is 19.6 Å². The molecule has 10 heteroatoms. The number of pyridine rings is 1. The number of aliphatic hydroxyl groups is 1. The summed E-state index contributed by atoms with van der Waals surface area (Å²) < 4.78 is 35.1. The molecular weight excluding hydrogens is 663 g/mol. The van der Waals surface area contributed by atoms with E-state index < -0.39 is 16.1 Å². The predicted octanol–water partition coefficient (Wildman–Crippen LogP) is 6.89. The largest absolute Gasteiger partial charge is 0.487 e. The molecule has 1 atom stereocenters. The number of rotatable bonds is 21. The number of unbranched alkanes of at least 4 members (excludes halogenated alkanes) is 4. The average molecular weight is 712 g/mol. The summed E-state index contributed by atoms with van der Waals surface area (Å²) in [5, 5.41) is 17.6. The molecule has 270 valence electrons. The molecule has 0 saturated carbocycles. The molecule has 0 aliphatic carbocycles. The quantitative estimate of drug-likeness (QED) is 0.0706. The lowest BCUT2D eigenvalue weighted by Crippen LogP contribution is -2.29. The summed E-state index contributed by atoms with van der Waals surface area (Å²) >= 11 is 0. The van der Waals surface area contributed by atoms with Gasteiger partial charge in [-0.2, -0.15) is 0 Å². The Morgan fingerprint density at radius 2 is 1.43 bits per heavy atom. The first kappa shape index (κ1) is 37.9. The number of aromatic amines is 1. The fourth-order valence-corrected chi connectivity index (χ4v) is 6.80. The molecule has 4 aromatic carbocycles. The third kappa shape index (κ3) is 12.2. The molecular formula is C41H49N3O6S. The van der Waals surface area contributed by atoms with E-state index in [4.69, 9.17) is 14.6 Å². The number of fused-ring (bicyclic) bond motifs is 1. The van der Waals surface area contributed by atoms with Crippen molar-refractivity contribution in [2.24, 2.45) is 5.14 Å². The van der Waals surface area contributed by atoms with Crippen LogP contribution in [0.1, 0.15) is 66.9 Å². The van der Waals surface area contributed by atoms with Crippen molar-refractivity contribution in [3.05, 3.63) is 142 Å². The van der Waals surface area contributed by atoms with Crippen LogP contribution in [0.25, 0.3) is 10.9 Å². The van der Waals surface area contributed by atoms with Gasteiger partial charge in [-0.05, 0) is 85.2 Å². The van der Waals surface area contributed by atoms with Crippen LogP contribution in [0.2, 0.25) is 0 Å². The first-order valence-corrected chi connectivity index (χ1v) is 19.3. The highest BCUT2D eigenvalue weighted by atomic mass is 32.2. The molecule has 4 N–H and O–H groups in total. The third-order valence-corrected chi connectivity index (χ3v) is 9.82. The van der Waals surface area contributed by atoms with Gasteiger partial charge in [0.05, 0.1) is 16.5 Å². The molecule has 9 nitrogen and oxygen atoms in total. The minimum absolute atomic E-state index is 0.151. The van der Waals surface area contributed by atoms with Crippen LogP contribution in [0.15, 0.2) is 119 Å². The number of nitrogens with zero attached hydrogens (tertiary/aromatic N) is 1. The van der Waals surface area contributed by atoms with Gasteiger partial charge in [0.1, 0.15) is 12.4 Å². The van der Waals surface area contributed by atoms with Gasteiger partial charge in [0.25, 0.3) is 0 Å². The van der Waals surface area contributed by atoms with Gasteiger partial charge in [-0.15, -0.1) is 0 Å². The lowest BCUT2D eigenvalue weighted by atomic mass is 10.0. The van der Waals surface area contributed by atoms with Crippen LogP contribution >= 0.6 is 0 Å². The molecule has 0 fully saturated rings. The van der Waals surface area contributed by atoms with E-state index in [0.717, 1.165) is 80.1 Å². The molecule has 0 spiro atoms. The summed E-state index contributed by atoms with van der Waals surface area (Å²) in [5.74, 6) is 0.570. The van der Waals surface area contributed by atoms with Crippen LogP contribution in [0.3, 0.4) is 0 Å². The van der Waals surface area contributed by atoms with Crippen molar-refractivity contribution in [1.82, 2.24) is 9.88 Å². The number of aromatic nitrogens is 1. The number of nitrogens with two attached hydrogens (primary N) is 1. The Labute approximate surface area is 301 Å². The first-order valence-electron chi connectivity index (χ1n) is 17.7. The van der Waals surface area contributed by atoms with Crippen molar-refractivity contribution in [2.75, 3.05) is 26.3 Å². The molecule has 0 amide bonds. The smallest absolute Gasteiger partial charge is 0.248 e. The SMILES string of the molecule is NS(=O)(=O)c1cccc(CCCCOCCCCCCN(Cc2ccccc2)C[C@@H](O)c2ccc(OCc3ccccc3)c3[nH]c(=O)ccc23)c1. The first-order chi connectivity index (χ1) is 24.8. The van der Waals surface area contributed by atoms with E-state index in [1.54, 1.807) is 18.2 Å². The maximum Gasteiger partial charge on any atom is 0.248 e. The molecule has 5 rings (SSSR count). The summed E-state index contributed by atoms with van der Waals surface area (Å²) in [7, 11) is -3.68. The van der Waals surface area contributed by atoms with Gasteiger partial charge in [-0.3, -0.25) is 9.69 Å². The van der Waals surface area contributed by atoms with Gasteiger partial charge in [-0.25, -0.2) is 13.6 Å².